The lowest BCUT2D eigenvalue weighted by Gasteiger charge is -2.15. The third kappa shape index (κ3) is 3.40. The van der Waals surface area contributed by atoms with Crippen molar-refractivity contribution < 1.29 is 14.5 Å². The molecule has 0 aliphatic carbocycles. The van der Waals surface area contributed by atoms with Crippen LogP contribution in [0.3, 0.4) is 0 Å². The number of para-hydroxylation sites is 1. The minimum absolute atomic E-state index is 0.0610. The number of ether oxygens (including phenoxy) is 1. The van der Waals surface area contributed by atoms with Crippen LogP contribution in [0.25, 0.3) is 6.08 Å². The summed E-state index contributed by atoms with van der Waals surface area (Å²) < 4.78 is 5.54. The number of carbonyl (C=O) groups excluding carboxylic acids is 1. The first-order valence-corrected chi connectivity index (χ1v) is 8.39. The van der Waals surface area contributed by atoms with E-state index in [1.807, 2.05) is 0 Å². The molecule has 0 spiro atoms. The SMILES string of the molecule is COc1cccc(N2C(=O)/C(=C\c3ccccc3[N+](=O)[O-])SC2=S)c1. The van der Waals surface area contributed by atoms with Crippen LogP contribution in [0.2, 0.25) is 0 Å². The maximum atomic E-state index is 12.7. The number of nitro benzene ring substituents is 1. The van der Waals surface area contributed by atoms with Crippen molar-refractivity contribution in [1.82, 2.24) is 0 Å². The Bertz CT molecular complexity index is 911. The molecule has 2 aromatic rings. The van der Waals surface area contributed by atoms with E-state index in [1.54, 1.807) is 42.5 Å². The van der Waals surface area contributed by atoms with Gasteiger partial charge in [-0.15, -0.1) is 0 Å². The van der Waals surface area contributed by atoms with Gasteiger partial charge in [0.25, 0.3) is 11.6 Å². The Hall–Kier alpha value is -2.71. The normalized spacial score (nSPS) is 15.7. The number of thioether (sulfide) groups is 1. The molecule has 0 bridgehead atoms. The Morgan fingerprint density at radius 1 is 1.24 bits per heavy atom. The first-order chi connectivity index (χ1) is 12.0. The summed E-state index contributed by atoms with van der Waals surface area (Å²) in [5, 5.41) is 11.1. The smallest absolute Gasteiger partial charge is 0.276 e. The minimum atomic E-state index is -0.478. The second-order valence-electron chi connectivity index (χ2n) is 5.03. The Labute approximate surface area is 153 Å². The lowest BCUT2D eigenvalue weighted by molar-refractivity contribution is -0.385. The van der Waals surface area contributed by atoms with E-state index in [9.17, 15) is 14.9 Å². The van der Waals surface area contributed by atoms with E-state index in [1.165, 1.54) is 24.2 Å². The number of nitro groups is 1. The highest BCUT2D eigenvalue weighted by Gasteiger charge is 2.34. The molecule has 1 amide bonds. The van der Waals surface area contributed by atoms with Crippen LogP contribution in [0.15, 0.2) is 53.4 Å². The predicted molar refractivity (Wildman–Crippen MR) is 102 cm³/mol. The maximum absolute atomic E-state index is 12.7. The molecule has 0 aromatic heterocycles. The van der Waals surface area contributed by atoms with Gasteiger partial charge in [-0.2, -0.15) is 0 Å². The molecule has 2 aromatic carbocycles. The number of amides is 1. The highest BCUT2D eigenvalue weighted by Crippen LogP contribution is 2.37. The van der Waals surface area contributed by atoms with E-state index in [-0.39, 0.29) is 11.6 Å². The molecule has 6 nitrogen and oxygen atoms in total. The van der Waals surface area contributed by atoms with E-state index in [0.29, 0.717) is 26.2 Å². The number of carbonyl (C=O) groups is 1. The van der Waals surface area contributed by atoms with Crippen LogP contribution in [-0.4, -0.2) is 22.3 Å². The Kier molecular flexibility index (Phi) is 4.82. The van der Waals surface area contributed by atoms with Crippen LogP contribution in [0.1, 0.15) is 5.56 Å². The number of methoxy groups -OCH3 is 1. The van der Waals surface area contributed by atoms with Crippen molar-refractivity contribution in [1.29, 1.82) is 0 Å². The molecule has 1 saturated heterocycles. The number of anilines is 1. The highest BCUT2D eigenvalue weighted by molar-refractivity contribution is 8.27. The zero-order valence-corrected chi connectivity index (χ0v) is 14.7. The summed E-state index contributed by atoms with van der Waals surface area (Å²) in [5.74, 6) is 0.288. The number of hydrogen-bond acceptors (Lipinski definition) is 6. The average Bonchev–Trinajstić information content (AvgIpc) is 2.89. The van der Waals surface area contributed by atoms with Crippen molar-refractivity contribution in [2.75, 3.05) is 12.0 Å². The first-order valence-electron chi connectivity index (χ1n) is 7.16. The fourth-order valence-corrected chi connectivity index (χ4v) is 3.65. The maximum Gasteiger partial charge on any atom is 0.276 e. The van der Waals surface area contributed by atoms with Crippen molar-refractivity contribution >= 4 is 51.7 Å². The summed E-state index contributed by atoms with van der Waals surface area (Å²) >= 11 is 6.42. The van der Waals surface area contributed by atoms with E-state index in [4.69, 9.17) is 17.0 Å². The van der Waals surface area contributed by atoms with Crippen LogP contribution in [0, 0.1) is 10.1 Å². The first kappa shape index (κ1) is 17.1. The van der Waals surface area contributed by atoms with Crippen molar-refractivity contribution in [3.63, 3.8) is 0 Å². The summed E-state index contributed by atoms with van der Waals surface area (Å²) in [6.07, 6.45) is 1.50. The van der Waals surface area contributed by atoms with Gasteiger partial charge in [-0.25, -0.2) is 0 Å². The fraction of sp³-hybridized carbons (Fsp3) is 0.0588. The molecule has 1 heterocycles. The van der Waals surface area contributed by atoms with Gasteiger partial charge in [-0.05, 0) is 24.3 Å². The number of nitrogens with zero attached hydrogens (tertiary/aromatic N) is 2. The molecule has 3 rings (SSSR count). The molecule has 8 heteroatoms. The third-order valence-corrected chi connectivity index (χ3v) is 4.83. The number of hydrogen-bond donors (Lipinski definition) is 0. The highest BCUT2D eigenvalue weighted by atomic mass is 32.2. The second kappa shape index (κ2) is 7.04. The van der Waals surface area contributed by atoms with Crippen molar-refractivity contribution in [2.24, 2.45) is 0 Å². The van der Waals surface area contributed by atoms with E-state index < -0.39 is 4.92 Å². The summed E-state index contributed by atoms with van der Waals surface area (Å²) in [4.78, 5) is 25.1. The van der Waals surface area contributed by atoms with Crippen LogP contribution in [0.4, 0.5) is 11.4 Å². The van der Waals surface area contributed by atoms with Gasteiger partial charge in [0, 0.05) is 12.1 Å². The van der Waals surface area contributed by atoms with Crippen molar-refractivity contribution in [3.8, 4) is 5.75 Å². The molecule has 1 aliphatic rings. The molecule has 0 radical (unpaired) electrons. The number of rotatable bonds is 4. The van der Waals surface area contributed by atoms with Crippen molar-refractivity contribution in [3.05, 3.63) is 69.1 Å². The van der Waals surface area contributed by atoms with Gasteiger partial charge in [-0.1, -0.05) is 42.2 Å². The standard InChI is InChI=1S/C17H12N2O4S2/c1-23-13-7-4-6-12(10-13)18-16(20)15(25-17(18)24)9-11-5-2-3-8-14(11)19(21)22/h2-10H,1H3/b15-9+. The number of thiocarbonyl (C=S) groups is 1. The summed E-state index contributed by atoms with van der Waals surface area (Å²) in [7, 11) is 1.54. The van der Waals surface area contributed by atoms with Crippen LogP contribution >= 0.6 is 24.0 Å². The molecule has 0 unspecified atom stereocenters. The monoisotopic (exact) mass is 372 g/mol. The van der Waals surface area contributed by atoms with Crippen molar-refractivity contribution in [2.45, 2.75) is 0 Å². The van der Waals surface area contributed by atoms with Crippen LogP contribution < -0.4 is 9.64 Å². The number of benzene rings is 2. The summed E-state index contributed by atoms with van der Waals surface area (Å²) in [6.45, 7) is 0. The zero-order valence-electron chi connectivity index (χ0n) is 13.0. The molecule has 0 N–H and O–H groups in total. The zero-order chi connectivity index (χ0) is 18.0. The topological polar surface area (TPSA) is 72.7 Å². The van der Waals surface area contributed by atoms with Gasteiger partial charge < -0.3 is 4.74 Å². The quantitative estimate of drug-likeness (QED) is 0.349. The molecule has 1 fully saturated rings. The Balaban J connectivity index is 1.98. The molecular weight excluding hydrogens is 360 g/mol. The average molecular weight is 372 g/mol. The van der Waals surface area contributed by atoms with Gasteiger partial charge >= 0.3 is 0 Å². The lowest BCUT2D eigenvalue weighted by atomic mass is 10.1. The van der Waals surface area contributed by atoms with E-state index >= 15 is 0 Å². The Morgan fingerprint density at radius 2 is 2.00 bits per heavy atom. The fourth-order valence-electron chi connectivity index (χ4n) is 2.36. The van der Waals surface area contributed by atoms with Gasteiger partial charge in [-0.3, -0.25) is 19.8 Å². The summed E-state index contributed by atoms with van der Waals surface area (Å²) in [6, 6.07) is 13.2. The third-order valence-electron chi connectivity index (χ3n) is 3.53. The molecule has 126 valence electrons. The largest absolute Gasteiger partial charge is 0.497 e. The minimum Gasteiger partial charge on any atom is -0.497 e. The molecule has 0 atom stereocenters. The van der Waals surface area contributed by atoms with Gasteiger partial charge in [0.2, 0.25) is 0 Å². The predicted octanol–water partition coefficient (Wildman–Crippen LogP) is 4.01. The van der Waals surface area contributed by atoms with Gasteiger partial charge in [0.15, 0.2) is 4.32 Å². The van der Waals surface area contributed by atoms with E-state index in [2.05, 4.69) is 0 Å². The second-order valence-corrected chi connectivity index (χ2v) is 6.71. The van der Waals surface area contributed by atoms with Gasteiger partial charge in [0.05, 0.1) is 28.2 Å². The molecule has 0 saturated carbocycles. The van der Waals surface area contributed by atoms with Gasteiger partial charge in [0.1, 0.15) is 5.75 Å². The molecule has 25 heavy (non-hydrogen) atoms. The van der Waals surface area contributed by atoms with Crippen LogP contribution in [-0.2, 0) is 4.79 Å². The molecular formula is C17H12N2O4S2. The summed E-state index contributed by atoms with van der Waals surface area (Å²) in [5.41, 5.74) is 0.889. The Morgan fingerprint density at radius 3 is 2.72 bits per heavy atom. The van der Waals surface area contributed by atoms with E-state index in [0.717, 1.165) is 11.8 Å². The lowest BCUT2D eigenvalue weighted by Crippen LogP contribution is -2.27. The molecule has 1 aliphatic heterocycles. The van der Waals surface area contributed by atoms with Crippen LogP contribution in [0.5, 0.6) is 5.75 Å².